The van der Waals surface area contributed by atoms with Crippen LogP contribution in [0.1, 0.15) is 18.9 Å². The predicted molar refractivity (Wildman–Crippen MR) is 68.1 cm³/mol. The Morgan fingerprint density at radius 1 is 1.50 bits per heavy atom. The van der Waals surface area contributed by atoms with Gasteiger partial charge in [-0.3, -0.25) is 9.78 Å². The first-order chi connectivity index (χ1) is 7.22. The second-order valence-electron chi connectivity index (χ2n) is 3.50. The molecule has 3 nitrogen and oxygen atoms in total. The maximum absolute atomic E-state index is 11.0. The summed E-state index contributed by atoms with van der Waals surface area (Å²) in [5, 5.41) is 2.81. The lowest BCUT2D eigenvalue weighted by Gasteiger charge is -2.12. The number of hydrogen-bond donors (Lipinski definition) is 1. The van der Waals surface area contributed by atoms with E-state index in [4.69, 9.17) is 11.6 Å². The number of alkyl halides is 1. The van der Waals surface area contributed by atoms with Gasteiger partial charge in [-0.1, -0.05) is 0 Å². The van der Waals surface area contributed by atoms with Crippen molar-refractivity contribution in [1.82, 2.24) is 10.3 Å². The summed E-state index contributed by atoms with van der Waals surface area (Å²) >= 11 is 5.39. The summed E-state index contributed by atoms with van der Waals surface area (Å²) in [6.45, 7) is 1.98. The van der Waals surface area contributed by atoms with Crippen molar-refractivity contribution in [2.75, 3.05) is 5.88 Å². The highest BCUT2D eigenvalue weighted by Crippen LogP contribution is 2.03. The Balaban J connectivity index is 0.00000225. The lowest BCUT2D eigenvalue weighted by atomic mass is 10.1. The third-order valence-corrected chi connectivity index (χ3v) is 2.39. The Morgan fingerprint density at radius 2 is 2.12 bits per heavy atom. The first kappa shape index (κ1) is 15.2. The van der Waals surface area contributed by atoms with E-state index in [-0.39, 0.29) is 30.2 Å². The van der Waals surface area contributed by atoms with E-state index in [1.54, 1.807) is 12.4 Å². The SMILES string of the molecule is CC(CCc1ccncc1)NC(=O)CCl.Cl. The van der Waals surface area contributed by atoms with Gasteiger partial charge in [-0.25, -0.2) is 0 Å². The number of amides is 1. The standard InChI is InChI=1S/C11H15ClN2O.ClH/c1-9(14-11(15)8-12)2-3-10-4-6-13-7-5-10;/h4-7,9H,2-3,8H2,1H3,(H,14,15);1H. The average molecular weight is 263 g/mol. The minimum absolute atomic E-state index is 0. The minimum Gasteiger partial charge on any atom is -0.353 e. The van der Waals surface area contributed by atoms with Crippen LogP contribution < -0.4 is 5.32 Å². The molecule has 0 bridgehead atoms. The summed E-state index contributed by atoms with van der Waals surface area (Å²) in [6.07, 6.45) is 5.40. The molecule has 1 atom stereocenters. The molecule has 0 saturated heterocycles. The molecule has 0 spiro atoms. The van der Waals surface area contributed by atoms with Crippen molar-refractivity contribution in [3.63, 3.8) is 0 Å². The van der Waals surface area contributed by atoms with Crippen molar-refractivity contribution in [3.8, 4) is 0 Å². The van der Waals surface area contributed by atoms with E-state index in [2.05, 4.69) is 10.3 Å². The number of aromatic nitrogens is 1. The largest absolute Gasteiger partial charge is 0.353 e. The van der Waals surface area contributed by atoms with Crippen molar-refractivity contribution in [2.45, 2.75) is 25.8 Å². The summed E-state index contributed by atoms with van der Waals surface area (Å²) in [4.78, 5) is 14.9. The number of nitrogens with one attached hydrogen (secondary N) is 1. The van der Waals surface area contributed by atoms with E-state index < -0.39 is 0 Å². The third kappa shape index (κ3) is 5.93. The molecule has 1 aromatic rings. The lowest BCUT2D eigenvalue weighted by Crippen LogP contribution is -2.33. The summed E-state index contributed by atoms with van der Waals surface area (Å²) in [5.74, 6) is -0.0848. The molecule has 0 saturated carbocycles. The van der Waals surface area contributed by atoms with Crippen LogP contribution in [0.2, 0.25) is 0 Å². The molecule has 1 N–H and O–H groups in total. The molecule has 16 heavy (non-hydrogen) atoms. The Hall–Kier alpha value is -0.800. The smallest absolute Gasteiger partial charge is 0.235 e. The molecular formula is C11H16Cl2N2O. The topological polar surface area (TPSA) is 42.0 Å². The molecule has 1 unspecified atom stereocenters. The molecule has 5 heteroatoms. The molecule has 0 aliphatic heterocycles. The Morgan fingerprint density at radius 3 is 2.69 bits per heavy atom. The maximum atomic E-state index is 11.0. The van der Waals surface area contributed by atoms with Gasteiger partial charge in [0.15, 0.2) is 0 Å². The van der Waals surface area contributed by atoms with Crippen LogP contribution in [-0.2, 0) is 11.2 Å². The Labute approximate surface area is 107 Å². The van der Waals surface area contributed by atoms with Crippen molar-refractivity contribution >= 4 is 29.9 Å². The molecular weight excluding hydrogens is 247 g/mol. The second-order valence-corrected chi connectivity index (χ2v) is 3.76. The molecule has 0 aliphatic carbocycles. The van der Waals surface area contributed by atoms with Gasteiger partial charge in [-0.15, -0.1) is 24.0 Å². The maximum Gasteiger partial charge on any atom is 0.235 e. The Kier molecular flexibility index (Phi) is 7.95. The summed E-state index contributed by atoms with van der Waals surface area (Å²) < 4.78 is 0. The molecule has 90 valence electrons. The number of nitrogens with zero attached hydrogens (tertiary/aromatic N) is 1. The van der Waals surface area contributed by atoms with Crippen LogP contribution in [0.25, 0.3) is 0 Å². The zero-order valence-electron chi connectivity index (χ0n) is 9.15. The van der Waals surface area contributed by atoms with Gasteiger partial charge in [0, 0.05) is 18.4 Å². The van der Waals surface area contributed by atoms with Gasteiger partial charge < -0.3 is 5.32 Å². The first-order valence-electron chi connectivity index (χ1n) is 4.96. The molecule has 1 rings (SSSR count). The number of pyridine rings is 1. The van der Waals surface area contributed by atoms with E-state index in [1.807, 2.05) is 19.1 Å². The predicted octanol–water partition coefficient (Wildman–Crippen LogP) is 2.18. The molecule has 1 amide bonds. The Bertz CT molecular complexity index is 306. The van der Waals surface area contributed by atoms with Gasteiger partial charge >= 0.3 is 0 Å². The van der Waals surface area contributed by atoms with Gasteiger partial charge in [0.05, 0.1) is 0 Å². The number of carbonyl (C=O) groups is 1. The van der Waals surface area contributed by atoms with Crippen LogP contribution in [0.15, 0.2) is 24.5 Å². The second kappa shape index (κ2) is 8.36. The molecule has 0 aromatic carbocycles. The summed E-state index contributed by atoms with van der Waals surface area (Å²) in [6, 6.07) is 4.12. The van der Waals surface area contributed by atoms with Crippen molar-refractivity contribution < 1.29 is 4.79 Å². The molecule has 0 radical (unpaired) electrons. The van der Waals surface area contributed by atoms with E-state index in [0.717, 1.165) is 12.8 Å². The first-order valence-corrected chi connectivity index (χ1v) is 5.50. The lowest BCUT2D eigenvalue weighted by molar-refractivity contribution is -0.119. The van der Waals surface area contributed by atoms with Crippen LogP contribution in [0.3, 0.4) is 0 Å². The van der Waals surface area contributed by atoms with Crippen molar-refractivity contribution in [2.24, 2.45) is 0 Å². The van der Waals surface area contributed by atoms with Crippen LogP contribution >= 0.6 is 24.0 Å². The average Bonchev–Trinajstić information content (AvgIpc) is 2.27. The van der Waals surface area contributed by atoms with Gasteiger partial charge in [0.25, 0.3) is 0 Å². The molecule has 1 heterocycles. The van der Waals surface area contributed by atoms with E-state index in [1.165, 1.54) is 5.56 Å². The third-order valence-electron chi connectivity index (χ3n) is 2.14. The number of aryl methyl sites for hydroxylation is 1. The van der Waals surface area contributed by atoms with E-state index >= 15 is 0 Å². The highest BCUT2D eigenvalue weighted by molar-refractivity contribution is 6.27. The quantitative estimate of drug-likeness (QED) is 0.827. The number of halogens is 2. The van der Waals surface area contributed by atoms with Crippen LogP contribution in [0.4, 0.5) is 0 Å². The van der Waals surface area contributed by atoms with Crippen LogP contribution in [0.5, 0.6) is 0 Å². The molecule has 1 aromatic heterocycles. The minimum atomic E-state index is -0.112. The van der Waals surface area contributed by atoms with Crippen molar-refractivity contribution in [1.29, 1.82) is 0 Å². The zero-order chi connectivity index (χ0) is 11.1. The number of rotatable bonds is 5. The van der Waals surface area contributed by atoms with E-state index in [0.29, 0.717) is 0 Å². The normalized spacial score (nSPS) is 11.4. The summed E-state index contributed by atoms with van der Waals surface area (Å²) in [7, 11) is 0. The number of hydrogen-bond acceptors (Lipinski definition) is 2. The van der Waals surface area contributed by atoms with E-state index in [9.17, 15) is 4.79 Å². The highest BCUT2D eigenvalue weighted by atomic mass is 35.5. The fourth-order valence-corrected chi connectivity index (χ4v) is 1.40. The van der Waals surface area contributed by atoms with Crippen molar-refractivity contribution in [3.05, 3.63) is 30.1 Å². The molecule has 0 fully saturated rings. The van der Waals surface area contributed by atoms with Gasteiger partial charge in [-0.05, 0) is 37.5 Å². The monoisotopic (exact) mass is 262 g/mol. The van der Waals surface area contributed by atoms with Gasteiger partial charge in [-0.2, -0.15) is 0 Å². The van der Waals surface area contributed by atoms with Gasteiger partial charge in [0.1, 0.15) is 5.88 Å². The zero-order valence-corrected chi connectivity index (χ0v) is 10.7. The fourth-order valence-electron chi connectivity index (χ4n) is 1.32. The van der Waals surface area contributed by atoms with Crippen LogP contribution in [0, 0.1) is 0 Å². The molecule has 0 aliphatic rings. The van der Waals surface area contributed by atoms with Crippen LogP contribution in [-0.4, -0.2) is 22.8 Å². The fraction of sp³-hybridized carbons (Fsp3) is 0.455. The summed E-state index contributed by atoms with van der Waals surface area (Å²) in [5.41, 5.74) is 1.23. The highest BCUT2D eigenvalue weighted by Gasteiger charge is 2.05. The number of carbonyl (C=O) groups excluding carboxylic acids is 1. The van der Waals surface area contributed by atoms with Gasteiger partial charge in [0.2, 0.25) is 5.91 Å².